The fourth-order valence-corrected chi connectivity index (χ4v) is 3.50. The van der Waals surface area contributed by atoms with Crippen LogP contribution in [0.1, 0.15) is 31.9 Å². The van der Waals surface area contributed by atoms with Gasteiger partial charge >= 0.3 is 6.68 Å². The number of likely N-dealkylation sites (tertiary alicyclic amines) is 1. The number of aromatic nitrogens is 2. The van der Waals surface area contributed by atoms with Crippen LogP contribution in [0.4, 0.5) is 22.0 Å². The van der Waals surface area contributed by atoms with Crippen molar-refractivity contribution in [3.8, 4) is 5.69 Å². The number of nitrogens with zero attached hydrogens (tertiary/aromatic N) is 3. The van der Waals surface area contributed by atoms with Crippen molar-refractivity contribution in [3.05, 3.63) is 47.8 Å². The molecule has 29 heavy (non-hydrogen) atoms. The zero-order valence-corrected chi connectivity index (χ0v) is 15.9. The van der Waals surface area contributed by atoms with Gasteiger partial charge in [-0.15, -0.1) is 0 Å². The summed E-state index contributed by atoms with van der Waals surface area (Å²) in [5.41, 5.74) is 1.04. The van der Waals surface area contributed by atoms with E-state index in [2.05, 4.69) is 5.10 Å². The smallest absolute Gasteiger partial charge is 0.379 e. The van der Waals surface area contributed by atoms with Crippen LogP contribution >= 0.6 is 0 Å². The molecule has 1 fully saturated rings. The molecular formula is C19H22F5N3O2. The third-order valence-corrected chi connectivity index (χ3v) is 4.76. The monoisotopic (exact) mass is 419 g/mol. The molecule has 0 saturated carbocycles. The van der Waals surface area contributed by atoms with Gasteiger partial charge in [0.2, 0.25) is 0 Å². The quantitative estimate of drug-likeness (QED) is 0.773. The van der Waals surface area contributed by atoms with Crippen LogP contribution in [0.2, 0.25) is 0 Å². The van der Waals surface area contributed by atoms with E-state index in [1.165, 1.54) is 23.7 Å². The minimum Gasteiger partial charge on any atom is -0.384 e. The molecule has 160 valence electrons. The molecule has 1 aliphatic heterocycles. The maximum atomic E-state index is 14.1. The third-order valence-electron chi connectivity index (χ3n) is 4.76. The number of carbonyl (C=O) groups is 1. The van der Waals surface area contributed by atoms with E-state index in [1.54, 1.807) is 11.1 Å². The molecule has 3 atom stereocenters. The van der Waals surface area contributed by atoms with E-state index in [0.717, 1.165) is 11.8 Å². The first-order chi connectivity index (χ1) is 13.6. The predicted octanol–water partition coefficient (Wildman–Crippen LogP) is 3.66. The number of hydrogen-bond acceptors (Lipinski definition) is 3. The summed E-state index contributed by atoms with van der Waals surface area (Å²) in [7, 11) is 0. The number of rotatable bonds is 3. The Kier molecular flexibility index (Phi) is 7.72. The Morgan fingerprint density at radius 3 is 2.45 bits per heavy atom. The highest BCUT2D eigenvalue weighted by atomic mass is 19.4. The van der Waals surface area contributed by atoms with Gasteiger partial charge in [0, 0.05) is 37.0 Å². The highest BCUT2D eigenvalue weighted by Crippen LogP contribution is 2.34. The van der Waals surface area contributed by atoms with Crippen LogP contribution in [0.3, 0.4) is 0 Å². The summed E-state index contributed by atoms with van der Waals surface area (Å²) in [6, 6.07) is 5.25. The Hall–Kier alpha value is -2.49. The lowest BCUT2D eigenvalue weighted by molar-refractivity contribution is -0.141. The van der Waals surface area contributed by atoms with Gasteiger partial charge in [-0.2, -0.15) is 18.3 Å². The maximum absolute atomic E-state index is 14.1. The van der Waals surface area contributed by atoms with Crippen LogP contribution in [0.5, 0.6) is 0 Å². The lowest BCUT2D eigenvalue weighted by atomic mass is 9.84. The van der Waals surface area contributed by atoms with Gasteiger partial charge in [-0.3, -0.25) is 4.79 Å². The number of carbonyl (C=O) groups excluding carboxylic acids is 1. The van der Waals surface area contributed by atoms with Crippen LogP contribution in [-0.2, 0) is 4.79 Å². The highest BCUT2D eigenvalue weighted by molar-refractivity contribution is 5.80. The van der Waals surface area contributed by atoms with Gasteiger partial charge in [-0.05, 0) is 37.5 Å². The molecule has 0 bridgehead atoms. The van der Waals surface area contributed by atoms with Crippen LogP contribution < -0.4 is 0 Å². The number of amides is 1. The van der Waals surface area contributed by atoms with Crippen molar-refractivity contribution in [2.45, 2.75) is 39.0 Å². The molecule has 0 spiro atoms. The average molecular weight is 419 g/mol. The molecule has 2 aromatic rings. The first-order valence-corrected chi connectivity index (χ1v) is 9.00. The zero-order chi connectivity index (χ0) is 21.7. The number of benzene rings is 1. The largest absolute Gasteiger partial charge is 0.384 e. The average Bonchev–Trinajstić information content (AvgIpc) is 3.09. The topological polar surface area (TPSA) is 58.4 Å². The Labute approximate surface area is 164 Å². The van der Waals surface area contributed by atoms with Crippen molar-refractivity contribution >= 4 is 5.91 Å². The highest BCUT2D eigenvalue weighted by Gasteiger charge is 2.33. The Morgan fingerprint density at radius 2 is 1.90 bits per heavy atom. The predicted molar refractivity (Wildman–Crippen MR) is 95.4 cm³/mol. The first-order valence-electron chi connectivity index (χ1n) is 9.00. The second kappa shape index (κ2) is 9.82. The molecular weight excluding hydrogens is 397 g/mol. The number of alkyl halides is 3. The minimum atomic E-state index is -3.67. The van der Waals surface area contributed by atoms with Crippen molar-refractivity contribution in [2.24, 2.45) is 5.92 Å². The molecule has 2 heterocycles. The Morgan fingerprint density at radius 1 is 1.24 bits per heavy atom. The summed E-state index contributed by atoms with van der Waals surface area (Å²) in [4.78, 5) is 13.6. The first kappa shape index (κ1) is 22.8. The Balaban J connectivity index is 0.000000687. The number of halogens is 5. The fraction of sp³-hybridized carbons (Fsp3) is 0.474. The summed E-state index contributed by atoms with van der Waals surface area (Å²) in [5, 5.41) is 13.7. The van der Waals surface area contributed by atoms with E-state index in [-0.39, 0.29) is 23.4 Å². The van der Waals surface area contributed by atoms with E-state index in [0.29, 0.717) is 19.5 Å². The van der Waals surface area contributed by atoms with Gasteiger partial charge in [0.1, 0.15) is 17.6 Å². The van der Waals surface area contributed by atoms with Crippen LogP contribution in [0, 0.1) is 17.6 Å². The molecule has 1 N–H and O–H groups in total. The lowest BCUT2D eigenvalue weighted by Gasteiger charge is -2.37. The standard InChI is InChI=1S/C18H21F2N3O2.CHF3/c1-11-10-22(18(25)12(2)24)8-6-14(11)16-5-7-21-23(16)17-4-3-13(19)9-15(17)20;2-1(3)4/h3-5,7,9,11-12,14,24H,6,8,10H2,1-2H3;1H/t11-,12?,14+;/m0./s1. The van der Waals surface area contributed by atoms with Crippen molar-refractivity contribution in [1.82, 2.24) is 14.7 Å². The van der Waals surface area contributed by atoms with Crippen LogP contribution in [-0.4, -0.2) is 51.6 Å². The summed E-state index contributed by atoms with van der Waals surface area (Å²) in [6.45, 7) is 0.858. The molecule has 1 aliphatic rings. The van der Waals surface area contributed by atoms with E-state index in [1.807, 2.05) is 13.0 Å². The normalized spacial score (nSPS) is 20.2. The molecule has 1 aromatic heterocycles. The van der Waals surface area contributed by atoms with E-state index < -0.39 is 24.4 Å². The molecule has 3 rings (SSSR count). The molecule has 0 aliphatic carbocycles. The number of piperidine rings is 1. The van der Waals surface area contributed by atoms with Gasteiger partial charge in [0.25, 0.3) is 5.91 Å². The lowest BCUT2D eigenvalue weighted by Crippen LogP contribution is -2.46. The summed E-state index contributed by atoms with van der Waals surface area (Å²) < 4.78 is 57.8. The summed E-state index contributed by atoms with van der Waals surface area (Å²) >= 11 is 0. The van der Waals surface area contributed by atoms with E-state index in [9.17, 15) is 31.9 Å². The third kappa shape index (κ3) is 5.75. The molecule has 5 nitrogen and oxygen atoms in total. The van der Waals surface area contributed by atoms with Gasteiger partial charge < -0.3 is 10.0 Å². The number of hydrogen-bond donors (Lipinski definition) is 1. The SMILES string of the molecule is CC(O)C(=O)N1CC[C@@H](c2ccnn2-c2ccc(F)cc2F)[C@@H](C)C1.FC(F)F. The van der Waals surface area contributed by atoms with Crippen molar-refractivity contribution in [2.75, 3.05) is 13.1 Å². The summed E-state index contributed by atoms with van der Waals surface area (Å²) in [6.07, 6.45) is 1.27. The van der Waals surface area contributed by atoms with Gasteiger partial charge in [0.05, 0.1) is 0 Å². The van der Waals surface area contributed by atoms with Crippen molar-refractivity contribution in [3.63, 3.8) is 0 Å². The second-order valence-electron chi connectivity index (χ2n) is 6.84. The van der Waals surface area contributed by atoms with Gasteiger partial charge in [-0.1, -0.05) is 6.92 Å². The molecule has 0 radical (unpaired) electrons. The number of aliphatic hydroxyl groups excluding tert-OH is 1. The second-order valence-corrected chi connectivity index (χ2v) is 6.84. The zero-order valence-electron chi connectivity index (χ0n) is 15.9. The van der Waals surface area contributed by atoms with Crippen molar-refractivity contribution in [1.29, 1.82) is 0 Å². The molecule has 1 saturated heterocycles. The van der Waals surface area contributed by atoms with E-state index in [4.69, 9.17) is 0 Å². The van der Waals surface area contributed by atoms with Crippen LogP contribution in [0.15, 0.2) is 30.5 Å². The Bertz CT molecular complexity index is 825. The fourth-order valence-electron chi connectivity index (χ4n) is 3.50. The minimum absolute atomic E-state index is 0.0880. The van der Waals surface area contributed by atoms with Gasteiger partial charge in [0.15, 0.2) is 5.82 Å². The van der Waals surface area contributed by atoms with E-state index >= 15 is 0 Å². The van der Waals surface area contributed by atoms with Crippen molar-refractivity contribution < 1.29 is 31.9 Å². The molecule has 10 heteroatoms. The number of aliphatic hydroxyl groups is 1. The summed E-state index contributed by atoms with van der Waals surface area (Å²) in [5.74, 6) is -1.36. The molecule has 1 aromatic carbocycles. The van der Waals surface area contributed by atoms with Crippen LogP contribution in [0.25, 0.3) is 5.69 Å². The van der Waals surface area contributed by atoms with Gasteiger partial charge in [-0.25, -0.2) is 13.5 Å². The maximum Gasteiger partial charge on any atom is 0.379 e. The molecule has 1 amide bonds. The molecule has 1 unspecified atom stereocenters.